The van der Waals surface area contributed by atoms with E-state index < -0.39 is 10.8 Å². The summed E-state index contributed by atoms with van der Waals surface area (Å²) in [5, 5.41) is 25.7. The number of rotatable bonds is 7. The Balaban J connectivity index is 1.61. The molecule has 0 aliphatic rings. The van der Waals surface area contributed by atoms with Gasteiger partial charge in [-0.3, -0.25) is 14.9 Å². The number of nitrogens with zero attached hydrogens (tertiary/aromatic N) is 2. The van der Waals surface area contributed by atoms with Crippen molar-refractivity contribution in [1.82, 2.24) is 0 Å². The number of amides is 1. The number of carbonyl (C=O) groups is 1. The average Bonchev–Trinajstić information content (AvgIpc) is 2.87. The third kappa shape index (κ3) is 5.71. The number of nitro benzene ring substituents is 1. The van der Waals surface area contributed by atoms with Gasteiger partial charge in [0.15, 0.2) is 0 Å². The fourth-order valence-corrected chi connectivity index (χ4v) is 4.14. The molecule has 0 aliphatic heterocycles. The van der Waals surface area contributed by atoms with Gasteiger partial charge in [0.1, 0.15) is 29.7 Å². The molecule has 0 aromatic heterocycles. The number of fused-ring (bicyclic) bond motifs is 1. The van der Waals surface area contributed by atoms with Crippen LogP contribution in [0.3, 0.4) is 0 Å². The second kappa shape index (κ2) is 11.0. The van der Waals surface area contributed by atoms with E-state index in [2.05, 4.69) is 21.2 Å². The van der Waals surface area contributed by atoms with Crippen LogP contribution in [0.1, 0.15) is 11.1 Å². The smallest absolute Gasteiger partial charge is 0.294 e. The van der Waals surface area contributed by atoms with Gasteiger partial charge < -0.3 is 10.1 Å². The summed E-state index contributed by atoms with van der Waals surface area (Å²) in [5.41, 5.74) is 0.764. The highest BCUT2D eigenvalue weighted by Crippen LogP contribution is 2.30. The Kier molecular flexibility index (Phi) is 7.64. The van der Waals surface area contributed by atoms with Crippen LogP contribution in [0.5, 0.6) is 5.75 Å². The first-order valence-electron chi connectivity index (χ1n) is 10.6. The van der Waals surface area contributed by atoms with Crippen LogP contribution in [-0.2, 0) is 11.4 Å². The maximum absolute atomic E-state index is 12.8. The highest BCUT2D eigenvalue weighted by molar-refractivity contribution is 9.10. The lowest BCUT2D eigenvalue weighted by Crippen LogP contribution is -2.14. The first-order chi connectivity index (χ1) is 17.4. The summed E-state index contributed by atoms with van der Waals surface area (Å²) >= 11 is 9.24. The molecule has 178 valence electrons. The summed E-state index contributed by atoms with van der Waals surface area (Å²) in [7, 11) is 0. The van der Waals surface area contributed by atoms with E-state index in [0.29, 0.717) is 11.3 Å². The Morgan fingerprint density at radius 3 is 2.67 bits per heavy atom. The van der Waals surface area contributed by atoms with Gasteiger partial charge in [-0.25, -0.2) is 0 Å². The van der Waals surface area contributed by atoms with Crippen LogP contribution in [0, 0.1) is 21.4 Å². The zero-order chi connectivity index (χ0) is 25.7. The molecule has 0 unspecified atom stereocenters. The Bertz CT molecular complexity index is 1560. The molecule has 0 heterocycles. The monoisotopic (exact) mass is 561 g/mol. The van der Waals surface area contributed by atoms with Gasteiger partial charge in [-0.15, -0.1) is 0 Å². The Morgan fingerprint density at radius 2 is 1.89 bits per heavy atom. The number of hydrogen-bond donors (Lipinski definition) is 1. The maximum Gasteiger partial charge on any atom is 0.294 e. The highest BCUT2D eigenvalue weighted by atomic mass is 79.9. The Hall–Kier alpha value is -4.19. The van der Waals surface area contributed by atoms with Crippen molar-refractivity contribution in [1.29, 1.82) is 5.26 Å². The minimum absolute atomic E-state index is 0.0720. The van der Waals surface area contributed by atoms with E-state index in [4.69, 9.17) is 16.3 Å². The predicted molar refractivity (Wildman–Crippen MR) is 143 cm³/mol. The first kappa shape index (κ1) is 24.9. The molecule has 0 aliphatic carbocycles. The zero-order valence-corrected chi connectivity index (χ0v) is 20.9. The molecule has 0 spiro atoms. The number of nitrogens with one attached hydrogen (secondary N) is 1. The lowest BCUT2D eigenvalue weighted by Gasteiger charge is -2.12. The third-order valence-corrected chi connectivity index (χ3v) is 6.03. The molecule has 4 aromatic rings. The molecule has 0 atom stereocenters. The fraction of sp³-hybridized carbons (Fsp3) is 0.0370. The average molecular weight is 563 g/mol. The Morgan fingerprint density at radius 1 is 1.11 bits per heavy atom. The van der Waals surface area contributed by atoms with Crippen LogP contribution in [0.15, 0.2) is 88.9 Å². The molecule has 0 fully saturated rings. The van der Waals surface area contributed by atoms with Gasteiger partial charge in [0.25, 0.3) is 11.6 Å². The topological polar surface area (TPSA) is 105 Å². The molecule has 0 saturated heterocycles. The molecule has 4 aromatic carbocycles. The lowest BCUT2D eigenvalue weighted by atomic mass is 10.1. The van der Waals surface area contributed by atoms with Gasteiger partial charge >= 0.3 is 0 Å². The summed E-state index contributed by atoms with van der Waals surface area (Å²) in [5.74, 6) is -0.341. The largest absolute Gasteiger partial charge is 0.488 e. The van der Waals surface area contributed by atoms with Gasteiger partial charge in [-0.05, 0) is 52.7 Å². The van der Waals surface area contributed by atoms with Gasteiger partial charge in [0.2, 0.25) is 0 Å². The second-order valence-electron chi connectivity index (χ2n) is 7.65. The van der Waals surface area contributed by atoms with Crippen molar-refractivity contribution in [2.75, 3.05) is 5.32 Å². The molecule has 7 nitrogen and oxygen atoms in total. The molecule has 0 bridgehead atoms. The van der Waals surface area contributed by atoms with Crippen molar-refractivity contribution in [3.8, 4) is 11.8 Å². The number of anilines is 1. The van der Waals surface area contributed by atoms with E-state index in [1.807, 2.05) is 48.5 Å². The van der Waals surface area contributed by atoms with Crippen LogP contribution in [0.2, 0.25) is 5.02 Å². The van der Waals surface area contributed by atoms with E-state index in [1.165, 1.54) is 18.2 Å². The van der Waals surface area contributed by atoms with E-state index in [-0.39, 0.29) is 28.6 Å². The molecule has 9 heteroatoms. The number of carbonyl (C=O) groups excluding carboxylic acids is 1. The summed E-state index contributed by atoms with van der Waals surface area (Å²) in [6, 6.07) is 24.9. The minimum atomic E-state index is -0.803. The van der Waals surface area contributed by atoms with Crippen LogP contribution < -0.4 is 10.1 Å². The van der Waals surface area contributed by atoms with Crippen LogP contribution in [0.4, 0.5) is 11.4 Å². The molecular weight excluding hydrogens is 546 g/mol. The number of halogens is 2. The van der Waals surface area contributed by atoms with E-state index in [1.54, 1.807) is 18.2 Å². The molecule has 4 rings (SSSR count). The molecule has 0 radical (unpaired) electrons. The molecule has 36 heavy (non-hydrogen) atoms. The number of nitro groups is 1. The number of ether oxygens (including phenoxy) is 1. The van der Waals surface area contributed by atoms with Crippen LogP contribution in [0.25, 0.3) is 16.8 Å². The third-order valence-electron chi connectivity index (χ3n) is 5.30. The maximum atomic E-state index is 12.8. The summed E-state index contributed by atoms with van der Waals surface area (Å²) in [6.07, 6.45) is 1.38. The number of benzene rings is 4. The molecule has 1 N–H and O–H groups in total. The second-order valence-corrected chi connectivity index (χ2v) is 9.00. The molecule has 1 amide bonds. The van der Waals surface area contributed by atoms with Crippen molar-refractivity contribution in [3.05, 3.63) is 115 Å². The Labute approximate surface area is 219 Å². The van der Waals surface area contributed by atoms with E-state index >= 15 is 0 Å². The van der Waals surface area contributed by atoms with Crippen LogP contribution in [-0.4, -0.2) is 10.8 Å². The highest BCUT2D eigenvalue weighted by Gasteiger charge is 2.19. The minimum Gasteiger partial charge on any atom is -0.488 e. The van der Waals surface area contributed by atoms with Crippen molar-refractivity contribution in [2.45, 2.75) is 6.61 Å². The van der Waals surface area contributed by atoms with E-state index in [0.717, 1.165) is 26.9 Å². The normalized spacial score (nSPS) is 11.1. The van der Waals surface area contributed by atoms with Crippen LogP contribution >= 0.6 is 27.5 Å². The summed E-state index contributed by atoms with van der Waals surface area (Å²) in [4.78, 5) is 23.5. The zero-order valence-electron chi connectivity index (χ0n) is 18.6. The predicted octanol–water partition coefficient (Wildman–Crippen LogP) is 7.29. The van der Waals surface area contributed by atoms with Crippen molar-refractivity contribution < 1.29 is 14.5 Å². The molecule has 0 saturated carbocycles. The van der Waals surface area contributed by atoms with Gasteiger partial charge in [-0.2, -0.15) is 5.26 Å². The SMILES string of the molecule is N#CC(=Cc1cc(Br)ccc1OCc1cccc2ccccc12)C(=O)Nc1ccc(Cl)cc1[N+](=O)[O-]. The van der Waals surface area contributed by atoms with Crippen molar-refractivity contribution >= 4 is 61.7 Å². The van der Waals surface area contributed by atoms with Gasteiger partial charge in [0.05, 0.1) is 4.92 Å². The van der Waals surface area contributed by atoms with Crippen molar-refractivity contribution in [3.63, 3.8) is 0 Å². The fourth-order valence-electron chi connectivity index (χ4n) is 3.59. The number of hydrogen-bond acceptors (Lipinski definition) is 5. The van der Waals surface area contributed by atoms with Gasteiger partial charge in [-0.1, -0.05) is 70.0 Å². The van der Waals surface area contributed by atoms with Gasteiger partial charge in [0, 0.05) is 21.1 Å². The lowest BCUT2D eigenvalue weighted by molar-refractivity contribution is -0.383. The summed E-state index contributed by atoms with van der Waals surface area (Å²) in [6.45, 7) is 0.273. The van der Waals surface area contributed by atoms with Crippen molar-refractivity contribution in [2.24, 2.45) is 0 Å². The first-order valence-corrected chi connectivity index (χ1v) is 11.8. The van der Waals surface area contributed by atoms with E-state index in [9.17, 15) is 20.2 Å². The standard InChI is InChI=1S/C27H17BrClN3O4/c28-21-8-11-26(36-16-18-6-3-5-17-4-1-2-7-23(17)18)19(13-21)12-20(15-30)27(33)31-24-10-9-22(29)14-25(24)32(34)35/h1-14H,16H2,(H,31,33). The number of nitriles is 1. The quantitative estimate of drug-likeness (QED) is 0.110. The molecular formula is C27H17BrClN3O4. The summed E-state index contributed by atoms with van der Waals surface area (Å²) < 4.78 is 6.80.